The Morgan fingerprint density at radius 1 is 0.964 bits per heavy atom. The summed E-state index contributed by atoms with van der Waals surface area (Å²) in [4.78, 5) is 23.9. The van der Waals surface area contributed by atoms with Gasteiger partial charge in [-0.15, -0.1) is 0 Å². The minimum atomic E-state index is -0.150. The molecule has 0 unspecified atom stereocenters. The van der Waals surface area contributed by atoms with Gasteiger partial charge >= 0.3 is 0 Å². The van der Waals surface area contributed by atoms with E-state index in [2.05, 4.69) is 22.9 Å². The van der Waals surface area contributed by atoms with Crippen molar-refractivity contribution in [3.8, 4) is 5.75 Å². The summed E-state index contributed by atoms with van der Waals surface area (Å²) in [6.45, 7) is 6.61. The van der Waals surface area contributed by atoms with Crippen molar-refractivity contribution in [1.29, 1.82) is 0 Å². The van der Waals surface area contributed by atoms with Gasteiger partial charge in [0.05, 0.1) is 13.2 Å². The number of benzene rings is 2. The zero-order valence-electron chi connectivity index (χ0n) is 16.7. The number of hydrogen-bond acceptors (Lipinski definition) is 4. The molecule has 0 bridgehead atoms. The van der Waals surface area contributed by atoms with Gasteiger partial charge in [0.2, 0.25) is 11.8 Å². The molecule has 0 aliphatic heterocycles. The summed E-state index contributed by atoms with van der Waals surface area (Å²) in [5, 5.41) is 8.75. The Kier molecular flexibility index (Phi) is 8.34. The third-order valence-electron chi connectivity index (χ3n) is 4.01. The van der Waals surface area contributed by atoms with Crippen molar-refractivity contribution in [1.82, 2.24) is 0 Å². The third kappa shape index (κ3) is 7.31. The normalized spacial score (nSPS) is 10.4. The Hall–Kier alpha value is -3.02. The van der Waals surface area contributed by atoms with Gasteiger partial charge in [0, 0.05) is 29.0 Å². The zero-order valence-corrected chi connectivity index (χ0v) is 16.7. The number of rotatable bonds is 10. The molecule has 2 rings (SSSR count). The summed E-state index contributed by atoms with van der Waals surface area (Å²) < 4.78 is 5.65. The molecule has 0 atom stereocenters. The molecule has 0 saturated carbocycles. The van der Waals surface area contributed by atoms with Gasteiger partial charge < -0.3 is 20.7 Å². The fraction of sp³-hybridized carbons (Fsp3) is 0.364. The smallest absolute Gasteiger partial charge is 0.243 e. The van der Waals surface area contributed by atoms with Crippen molar-refractivity contribution >= 4 is 28.9 Å². The highest BCUT2D eigenvalue weighted by molar-refractivity contribution is 5.94. The van der Waals surface area contributed by atoms with Gasteiger partial charge in [-0.3, -0.25) is 9.59 Å². The fourth-order valence-electron chi connectivity index (χ4n) is 2.34. The lowest BCUT2D eigenvalue weighted by atomic mass is 10.2. The molecule has 0 aliphatic rings. The molecule has 3 N–H and O–H groups in total. The molecule has 0 saturated heterocycles. The Morgan fingerprint density at radius 3 is 2.36 bits per heavy atom. The van der Waals surface area contributed by atoms with Crippen LogP contribution >= 0.6 is 0 Å². The second kappa shape index (κ2) is 11.0. The van der Waals surface area contributed by atoms with Gasteiger partial charge in [-0.25, -0.2) is 0 Å². The number of hydrogen-bond donors (Lipinski definition) is 3. The van der Waals surface area contributed by atoms with E-state index < -0.39 is 0 Å². The first kappa shape index (κ1) is 21.3. The van der Waals surface area contributed by atoms with Gasteiger partial charge in [0.15, 0.2) is 0 Å². The van der Waals surface area contributed by atoms with E-state index in [1.807, 2.05) is 50.2 Å². The highest BCUT2D eigenvalue weighted by atomic mass is 16.5. The van der Waals surface area contributed by atoms with E-state index in [1.54, 1.807) is 12.1 Å². The van der Waals surface area contributed by atoms with E-state index in [9.17, 15) is 9.59 Å². The van der Waals surface area contributed by atoms with Gasteiger partial charge in [0.25, 0.3) is 0 Å². The first-order valence-electron chi connectivity index (χ1n) is 9.65. The Balaban J connectivity index is 1.80. The molecule has 2 aromatic carbocycles. The van der Waals surface area contributed by atoms with Crippen LogP contribution in [-0.2, 0) is 9.59 Å². The van der Waals surface area contributed by atoms with E-state index in [1.165, 1.54) is 0 Å². The molecule has 0 fully saturated rings. The van der Waals surface area contributed by atoms with E-state index in [0.29, 0.717) is 12.3 Å². The van der Waals surface area contributed by atoms with Gasteiger partial charge in [-0.05, 0) is 42.8 Å². The van der Waals surface area contributed by atoms with Gasteiger partial charge in [-0.2, -0.15) is 0 Å². The average molecular weight is 383 g/mol. The molecule has 2 aromatic rings. The molecule has 150 valence electrons. The van der Waals surface area contributed by atoms with Crippen molar-refractivity contribution in [2.45, 2.75) is 33.6 Å². The minimum absolute atomic E-state index is 0.0269. The van der Waals surface area contributed by atoms with Crippen molar-refractivity contribution in [3.63, 3.8) is 0 Å². The fourth-order valence-corrected chi connectivity index (χ4v) is 2.34. The molecule has 0 spiro atoms. The van der Waals surface area contributed by atoms with Crippen LogP contribution in [0, 0.1) is 5.92 Å². The van der Waals surface area contributed by atoms with Crippen LogP contribution in [0.15, 0.2) is 48.5 Å². The molecular formula is C22H29N3O3. The molecule has 28 heavy (non-hydrogen) atoms. The van der Waals surface area contributed by atoms with Crippen LogP contribution in [-0.4, -0.2) is 25.0 Å². The first-order valence-corrected chi connectivity index (χ1v) is 9.65. The van der Waals surface area contributed by atoms with Crippen molar-refractivity contribution in [3.05, 3.63) is 48.5 Å². The van der Waals surface area contributed by atoms with E-state index in [4.69, 9.17) is 4.74 Å². The van der Waals surface area contributed by atoms with Crippen molar-refractivity contribution in [2.75, 3.05) is 29.1 Å². The van der Waals surface area contributed by atoms with E-state index in [-0.39, 0.29) is 24.3 Å². The number of carbonyl (C=O) groups is 2. The lowest BCUT2D eigenvalue weighted by Gasteiger charge is -2.11. The van der Waals surface area contributed by atoms with Gasteiger partial charge in [0.1, 0.15) is 5.75 Å². The van der Waals surface area contributed by atoms with Crippen LogP contribution in [0.5, 0.6) is 5.75 Å². The number of unbranched alkanes of at least 4 members (excludes halogenated alkanes) is 1. The Labute approximate surface area is 166 Å². The largest absolute Gasteiger partial charge is 0.494 e. The van der Waals surface area contributed by atoms with Crippen molar-refractivity contribution in [2.24, 2.45) is 5.92 Å². The summed E-state index contributed by atoms with van der Waals surface area (Å²) in [5.41, 5.74) is 2.23. The lowest BCUT2D eigenvalue weighted by molar-refractivity contribution is -0.119. The van der Waals surface area contributed by atoms with Gasteiger partial charge in [-0.1, -0.05) is 33.3 Å². The molecule has 0 radical (unpaired) electrons. The minimum Gasteiger partial charge on any atom is -0.494 e. The summed E-state index contributed by atoms with van der Waals surface area (Å²) in [6, 6.07) is 14.6. The SMILES string of the molecule is CCCCOc1cccc(NC(=O)CNc2ccc(NC(=O)C(C)C)cc2)c1. The number of ether oxygens (including phenoxy) is 1. The van der Waals surface area contributed by atoms with Crippen LogP contribution in [0.2, 0.25) is 0 Å². The van der Waals surface area contributed by atoms with Crippen LogP contribution in [0.25, 0.3) is 0 Å². The summed E-state index contributed by atoms with van der Waals surface area (Å²) in [5.74, 6) is 0.499. The molecule has 2 amide bonds. The number of carbonyl (C=O) groups excluding carboxylic acids is 2. The maximum atomic E-state index is 12.2. The number of amides is 2. The molecule has 0 aliphatic carbocycles. The highest BCUT2D eigenvalue weighted by Gasteiger charge is 2.07. The Bertz CT molecular complexity index is 773. The topological polar surface area (TPSA) is 79.5 Å². The molecular weight excluding hydrogens is 354 g/mol. The average Bonchev–Trinajstić information content (AvgIpc) is 2.68. The summed E-state index contributed by atoms with van der Waals surface area (Å²) >= 11 is 0. The number of anilines is 3. The standard InChI is InChI=1S/C22H29N3O3/c1-4-5-13-28-20-8-6-7-19(14-20)24-21(26)15-23-17-9-11-18(12-10-17)25-22(27)16(2)3/h6-12,14,16,23H,4-5,13,15H2,1-3H3,(H,24,26)(H,25,27). The quantitative estimate of drug-likeness (QED) is 0.527. The highest BCUT2D eigenvalue weighted by Crippen LogP contribution is 2.18. The first-order chi connectivity index (χ1) is 13.5. The molecule has 0 aromatic heterocycles. The van der Waals surface area contributed by atoms with Crippen LogP contribution in [0.3, 0.4) is 0 Å². The second-order valence-corrected chi connectivity index (χ2v) is 6.85. The summed E-state index contributed by atoms with van der Waals surface area (Å²) in [6.07, 6.45) is 2.08. The maximum absolute atomic E-state index is 12.2. The second-order valence-electron chi connectivity index (χ2n) is 6.85. The molecule has 6 heteroatoms. The van der Waals surface area contributed by atoms with Crippen LogP contribution < -0.4 is 20.7 Å². The predicted molar refractivity (Wildman–Crippen MR) is 114 cm³/mol. The monoisotopic (exact) mass is 383 g/mol. The number of nitrogens with one attached hydrogen (secondary N) is 3. The van der Waals surface area contributed by atoms with E-state index in [0.717, 1.165) is 30.0 Å². The van der Waals surface area contributed by atoms with Crippen LogP contribution in [0.1, 0.15) is 33.6 Å². The Morgan fingerprint density at radius 2 is 1.68 bits per heavy atom. The maximum Gasteiger partial charge on any atom is 0.243 e. The van der Waals surface area contributed by atoms with E-state index >= 15 is 0 Å². The molecule has 6 nitrogen and oxygen atoms in total. The van der Waals surface area contributed by atoms with Crippen molar-refractivity contribution < 1.29 is 14.3 Å². The summed E-state index contributed by atoms with van der Waals surface area (Å²) in [7, 11) is 0. The third-order valence-corrected chi connectivity index (χ3v) is 4.01. The zero-order chi connectivity index (χ0) is 20.4. The molecule has 0 heterocycles. The predicted octanol–water partition coefficient (Wildman–Crippen LogP) is 4.51. The lowest BCUT2D eigenvalue weighted by Crippen LogP contribution is -2.21. The van der Waals surface area contributed by atoms with Crippen LogP contribution in [0.4, 0.5) is 17.1 Å².